The molecule has 0 bridgehead atoms. The van der Waals surface area contributed by atoms with Crippen molar-refractivity contribution in [1.29, 1.82) is 5.26 Å². The maximum atomic E-state index is 11.3. The molecule has 1 rings (SSSR count). The Bertz CT molecular complexity index is 283. The molecule has 0 aromatic rings. The summed E-state index contributed by atoms with van der Waals surface area (Å²) in [5, 5.41) is 8.71. The highest BCUT2D eigenvalue weighted by atomic mass is 16.1. The van der Waals surface area contributed by atoms with E-state index in [2.05, 4.69) is 22.4 Å². The molecule has 0 aliphatic carbocycles. The Morgan fingerprint density at radius 1 is 1.53 bits per heavy atom. The first-order chi connectivity index (χ1) is 8.17. The van der Waals surface area contributed by atoms with E-state index < -0.39 is 0 Å². The summed E-state index contributed by atoms with van der Waals surface area (Å²) >= 11 is 0. The molecule has 0 N–H and O–H groups in total. The number of rotatable bonds is 4. The average molecular weight is 237 g/mol. The van der Waals surface area contributed by atoms with Crippen molar-refractivity contribution in [2.24, 2.45) is 0 Å². The van der Waals surface area contributed by atoms with Crippen molar-refractivity contribution in [2.45, 2.75) is 26.3 Å². The van der Waals surface area contributed by atoms with Gasteiger partial charge in [0.05, 0.1) is 19.0 Å². The van der Waals surface area contributed by atoms with Crippen molar-refractivity contribution in [1.82, 2.24) is 9.80 Å². The normalized spacial score (nSPS) is 20.9. The Labute approximate surface area is 105 Å². The molecule has 1 aliphatic heterocycles. The van der Waals surface area contributed by atoms with Gasteiger partial charge in [-0.05, 0) is 13.1 Å². The van der Waals surface area contributed by atoms with Gasteiger partial charge in [0.1, 0.15) is 0 Å². The quantitative estimate of drug-likeness (QED) is 0.691. The third kappa shape index (κ3) is 5.62. The van der Waals surface area contributed by atoms with Crippen molar-refractivity contribution in [3.8, 4) is 6.07 Å². The zero-order valence-electron chi connectivity index (χ0n) is 11.1. The van der Waals surface area contributed by atoms with Crippen LogP contribution in [-0.2, 0) is 4.79 Å². The molecule has 0 saturated carbocycles. The van der Waals surface area contributed by atoms with Gasteiger partial charge in [-0.3, -0.25) is 9.69 Å². The molecule has 0 radical (unpaired) electrons. The van der Waals surface area contributed by atoms with Crippen molar-refractivity contribution in [2.75, 3.05) is 33.2 Å². The number of nitriles is 1. The van der Waals surface area contributed by atoms with Crippen molar-refractivity contribution < 1.29 is 4.79 Å². The van der Waals surface area contributed by atoms with Gasteiger partial charge in [-0.15, -0.1) is 0 Å². The van der Waals surface area contributed by atoms with Crippen LogP contribution in [0.1, 0.15) is 20.3 Å². The van der Waals surface area contributed by atoms with E-state index in [-0.39, 0.29) is 11.8 Å². The minimum atomic E-state index is 0.0301. The zero-order chi connectivity index (χ0) is 13.3. The van der Waals surface area contributed by atoms with Gasteiger partial charge in [-0.25, -0.2) is 0 Å². The van der Waals surface area contributed by atoms with Crippen LogP contribution < -0.4 is 0 Å². The lowest BCUT2D eigenvalue weighted by Gasteiger charge is -2.38. The second kappa shape index (κ2) is 8.91. The number of ketones is 1. The maximum absolute atomic E-state index is 11.3. The molecule has 1 atom stereocenters. The van der Waals surface area contributed by atoms with Gasteiger partial charge in [0.2, 0.25) is 0 Å². The molecule has 1 unspecified atom stereocenters. The summed E-state index contributed by atoms with van der Waals surface area (Å²) in [7, 11) is 2.04. The highest BCUT2D eigenvalue weighted by Crippen LogP contribution is 2.11. The fourth-order valence-corrected chi connectivity index (χ4v) is 1.82. The second-order valence-electron chi connectivity index (χ2n) is 3.92. The van der Waals surface area contributed by atoms with E-state index >= 15 is 0 Å². The largest absolute Gasteiger partial charge is 0.304 e. The smallest absolute Gasteiger partial charge is 0.169 e. The van der Waals surface area contributed by atoms with Crippen molar-refractivity contribution in [3.05, 3.63) is 12.7 Å². The Balaban J connectivity index is 0.00000121. The third-order valence-electron chi connectivity index (χ3n) is 2.72. The number of hydrogen-bond acceptors (Lipinski definition) is 4. The lowest BCUT2D eigenvalue weighted by Crippen LogP contribution is -2.52. The molecule has 4 heteroatoms. The Morgan fingerprint density at radius 2 is 2.18 bits per heavy atom. The molecule has 4 nitrogen and oxygen atoms in total. The third-order valence-corrected chi connectivity index (χ3v) is 2.72. The topological polar surface area (TPSA) is 47.3 Å². The Hall–Kier alpha value is -1.18. The van der Waals surface area contributed by atoms with E-state index in [0.29, 0.717) is 13.0 Å². The molecule has 1 saturated heterocycles. The van der Waals surface area contributed by atoms with Crippen LogP contribution in [0.4, 0.5) is 0 Å². The summed E-state index contributed by atoms with van der Waals surface area (Å²) < 4.78 is 0. The molecule has 96 valence electrons. The Morgan fingerprint density at radius 3 is 2.71 bits per heavy atom. The van der Waals surface area contributed by atoms with Gasteiger partial charge in [0.25, 0.3) is 0 Å². The number of carbonyl (C=O) groups excluding carboxylic acids is 1. The highest BCUT2D eigenvalue weighted by molar-refractivity contribution is 5.90. The molecule has 0 spiro atoms. The van der Waals surface area contributed by atoms with Crippen LogP contribution in [0, 0.1) is 11.3 Å². The second-order valence-corrected chi connectivity index (χ2v) is 3.92. The number of piperazine rings is 1. The fraction of sp³-hybridized carbons (Fsp3) is 0.692. The van der Waals surface area contributed by atoms with Gasteiger partial charge in [-0.1, -0.05) is 20.4 Å². The summed E-state index contributed by atoms with van der Waals surface area (Å²) in [5.41, 5.74) is 0. The van der Waals surface area contributed by atoms with E-state index in [4.69, 9.17) is 5.26 Å². The van der Waals surface area contributed by atoms with Crippen molar-refractivity contribution >= 4 is 5.78 Å². The van der Waals surface area contributed by atoms with E-state index in [0.717, 1.165) is 19.6 Å². The molecule has 0 amide bonds. The predicted octanol–water partition coefficient (Wildman–Crippen LogP) is 1.30. The summed E-state index contributed by atoms with van der Waals surface area (Å²) in [6.45, 7) is 10.5. The molecule has 17 heavy (non-hydrogen) atoms. The highest BCUT2D eigenvalue weighted by Gasteiger charge is 2.25. The van der Waals surface area contributed by atoms with Crippen LogP contribution in [0.3, 0.4) is 0 Å². The van der Waals surface area contributed by atoms with Crippen LogP contribution in [0.5, 0.6) is 0 Å². The van der Waals surface area contributed by atoms with Crippen LogP contribution in [0.2, 0.25) is 0 Å². The number of hydrogen-bond donors (Lipinski definition) is 0. The summed E-state index contributed by atoms with van der Waals surface area (Å²) in [6.07, 6.45) is 1.83. The van der Waals surface area contributed by atoms with Gasteiger partial charge >= 0.3 is 0 Å². The molecule has 1 fully saturated rings. The first-order valence-corrected chi connectivity index (χ1v) is 6.12. The van der Waals surface area contributed by atoms with E-state index in [1.54, 1.807) is 0 Å². The molecule has 1 aliphatic rings. The van der Waals surface area contributed by atoms with Crippen LogP contribution in [0.15, 0.2) is 12.7 Å². The number of carbonyl (C=O) groups is 1. The van der Waals surface area contributed by atoms with Gasteiger partial charge in [-0.2, -0.15) is 5.26 Å². The average Bonchev–Trinajstić information content (AvgIpc) is 2.35. The Kier molecular flexibility index (Phi) is 8.29. The van der Waals surface area contributed by atoms with Crippen LogP contribution >= 0.6 is 0 Å². The van der Waals surface area contributed by atoms with Gasteiger partial charge in [0.15, 0.2) is 5.78 Å². The van der Waals surface area contributed by atoms with E-state index in [1.807, 2.05) is 20.9 Å². The van der Waals surface area contributed by atoms with Gasteiger partial charge in [0, 0.05) is 25.7 Å². The van der Waals surface area contributed by atoms with E-state index in [1.165, 1.54) is 6.08 Å². The standard InChI is InChI=1S/C11H17N3O.C2H6/c1-3-11(15)9-14-7-6-13(2)8-10(14)4-5-12;1-2/h3,10H,1,4,6-9H2,2H3;1-2H3. The summed E-state index contributed by atoms with van der Waals surface area (Å²) in [5.74, 6) is 0.0301. The van der Waals surface area contributed by atoms with Crippen molar-refractivity contribution in [3.63, 3.8) is 0 Å². The minimum absolute atomic E-state index is 0.0301. The lowest BCUT2D eigenvalue weighted by molar-refractivity contribution is -0.116. The van der Waals surface area contributed by atoms with Crippen LogP contribution in [-0.4, -0.2) is 54.9 Å². The first-order valence-electron chi connectivity index (χ1n) is 6.12. The molecule has 0 aromatic carbocycles. The zero-order valence-corrected chi connectivity index (χ0v) is 11.1. The first kappa shape index (κ1) is 15.8. The number of likely N-dealkylation sites (N-methyl/N-ethyl adjacent to an activating group) is 1. The molecule has 1 heterocycles. The lowest BCUT2D eigenvalue weighted by atomic mass is 10.1. The molecular formula is C13H23N3O. The van der Waals surface area contributed by atoms with Gasteiger partial charge < -0.3 is 4.90 Å². The minimum Gasteiger partial charge on any atom is -0.304 e. The summed E-state index contributed by atoms with van der Waals surface area (Å²) in [4.78, 5) is 15.5. The SMILES string of the molecule is C=CC(=O)CN1CCN(C)CC1CC#N.CC. The molecule has 0 aromatic heterocycles. The summed E-state index contributed by atoms with van der Waals surface area (Å²) in [6, 6.07) is 2.35. The molecular weight excluding hydrogens is 214 g/mol. The maximum Gasteiger partial charge on any atom is 0.169 e. The monoisotopic (exact) mass is 237 g/mol. The van der Waals surface area contributed by atoms with E-state index in [9.17, 15) is 4.79 Å². The number of nitrogens with zero attached hydrogens (tertiary/aromatic N) is 3. The predicted molar refractivity (Wildman–Crippen MR) is 69.6 cm³/mol. The fourth-order valence-electron chi connectivity index (χ4n) is 1.82. The van der Waals surface area contributed by atoms with Crippen LogP contribution in [0.25, 0.3) is 0 Å².